The molecule has 0 bridgehead atoms. The van der Waals surface area contributed by atoms with Crippen LogP contribution >= 0.6 is 0 Å². The van der Waals surface area contributed by atoms with Crippen molar-refractivity contribution in [3.8, 4) is 5.75 Å². The Morgan fingerprint density at radius 1 is 1.00 bits per heavy atom. The van der Waals surface area contributed by atoms with E-state index < -0.39 is 10.5 Å². The molecule has 1 aromatic heterocycles. The van der Waals surface area contributed by atoms with Crippen LogP contribution in [0.1, 0.15) is 60.0 Å². The molecule has 35 heavy (non-hydrogen) atoms. The zero-order chi connectivity index (χ0) is 25.9. The number of piperazine rings is 1. The number of rotatable bonds is 9. The number of hydrogen-bond donors (Lipinski definition) is 0. The molecular formula is C25H37N5O5. The van der Waals surface area contributed by atoms with E-state index in [4.69, 9.17) is 4.74 Å². The lowest BCUT2D eigenvalue weighted by molar-refractivity contribution is -0.385. The number of anilines is 1. The topological polar surface area (TPSA) is 103 Å². The predicted octanol–water partition coefficient (Wildman–Crippen LogP) is 3.45. The molecule has 0 saturated carbocycles. The van der Waals surface area contributed by atoms with E-state index in [1.807, 2.05) is 41.5 Å². The zero-order valence-corrected chi connectivity index (χ0v) is 21.6. The molecule has 0 radical (unpaired) electrons. The maximum Gasteiger partial charge on any atom is 0.333 e. The lowest BCUT2D eigenvalue weighted by Gasteiger charge is -2.38. The number of nitro benzene ring substituents is 1. The lowest BCUT2D eigenvalue weighted by atomic mass is 10.0. The van der Waals surface area contributed by atoms with Gasteiger partial charge in [-0.15, -0.1) is 0 Å². The van der Waals surface area contributed by atoms with Crippen LogP contribution in [0, 0.1) is 10.1 Å². The molecule has 0 aliphatic carbocycles. The Labute approximate surface area is 205 Å². The number of hydrogen-bond acceptors (Lipinski definition) is 7. The minimum absolute atomic E-state index is 0.00959. The van der Waals surface area contributed by atoms with E-state index in [1.165, 1.54) is 16.7 Å². The first kappa shape index (κ1) is 26.5. The maximum absolute atomic E-state index is 13.1. The van der Waals surface area contributed by atoms with E-state index in [0.29, 0.717) is 24.7 Å². The molecule has 1 aliphatic rings. The first-order valence-corrected chi connectivity index (χ1v) is 12.2. The van der Waals surface area contributed by atoms with E-state index in [1.54, 1.807) is 22.8 Å². The summed E-state index contributed by atoms with van der Waals surface area (Å²) in [5.41, 5.74) is -1.01. The van der Waals surface area contributed by atoms with Crippen LogP contribution in [0.3, 0.4) is 0 Å². The zero-order valence-electron chi connectivity index (χ0n) is 21.6. The molecule has 10 nitrogen and oxygen atoms in total. The Hall–Kier alpha value is -3.14. The molecule has 1 aromatic carbocycles. The van der Waals surface area contributed by atoms with Gasteiger partial charge in [0.15, 0.2) is 0 Å². The number of nitro groups is 1. The summed E-state index contributed by atoms with van der Waals surface area (Å²) in [5, 5.41) is 11.0. The van der Waals surface area contributed by atoms with Crippen LogP contribution in [0.4, 0.5) is 11.5 Å². The van der Waals surface area contributed by atoms with Crippen molar-refractivity contribution in [3.05, 3.63) is 61.3 Å². The van der Waals surface area contributed by atoms with Crippen molar-refractivity contribution in [2.24, 2.45) is 0 Å². The summed E-state index contributed by atoms with van der Waals surface area (Å²) in [6.07, 6.45) is 0.747. The molecule has 3 rings (SSSR count). The van der Waals surface area contributed by atoms with Crippen molar-refractivity contribution in [2.45, 2.75) is 65.6 Å². The van der Waals surface area contributed by atoms with Crippen LogP contribution in [0.15, 0.2) is 39.9 Å². The Bertz CT molecular complexity index is 1160. The van der Waals surface area contributed by atoms with Gasteiger partial charge in [0, 0.05) is 56.9 Å². The third-order valence-corrected chi connectivity index (χ3v) is 6.33. The van der Waals surface area contributed by atoms with Gasteiger partial charge in [0.25, 0.3) is 11.2 Å². The average molecular weight is 488 g/mol. The van der Waals surface area contributed by atoms with Crippen LogP contribution in [0.2, 0.25) is 0 Å². The third kappa shape index (κ3) is 6.30. The largest absolute Gasteiger partial charge is 0.488 e. The first-order chi connectivity index (χ1) is 16.4. The highest BCUT2D eigenvalue weighted by Crippen LogP contribution is 2.25. The lowest BCUT2D eigenvalue weighted by Crippen LogP contribution is -2.51. The second-order valence-electron chi connectivity index (χ2n) is 10.2. The van der Waals surface area contributed by atoms with Crippen molar-refractivity contribution in [1.29, 1.82) is 0 Å². The fourth-order valence-electron chi connectivity index (χ4n) is 4.42. The van der Waals surface area contributed by atoms with Gasteiger partial charge in [-0.25, -0.2) is 4.79 Å². The molecule has 10 heteroatoms. The van der Waals surface area contributed by atoms with Gasteiger partial charge in [-0.3, -0.25) is 28.9 Å². The second kappa shape index (κ2) is 10.6. The molecule has 0 amide bonds. The molecule has 1 saturated heterocycles. The molecule has 0 atom stereocenters. The van der Waals surface area contributed by atoms with Gasteiger partial charge < -0.3 is 9.64 Å². The summed E-state index contributed by atoms with van der Waals surface area (Å²) < 4.78 is 9.08. The summed E-state index contributed by atoms with van der Waals surface area (Å²) in [4.78, 5) is 40.8. The number of aromatic nitrogens is 2. The summed E-state index contributed by atoms with van der Waals surface area (Å²) >= 11 is 0. The first-order valence-electron chi connectivity index (χ1n) is 12.2. The van der Waals surface area contributed by atoms with Gasteiger partial charge in [-0.1, -0.05) is 6.07 Å². The highest BCUT2D eigenvalue weighted by atomic mass is 16.6. The van der Waals surface area contributed by atoms with Crippen molar-refractivity contribution < 1.29 is 9.66 Å². The Morgan fingerprint density at radius 3 is 2.20 bits per heavy atom. The maximum atomic E-state index is 13.1. The highest BCUT2D eigenvalue weighted by Gasteiger charge is 2.26. The predicted molar refractivity (Wildman–Crippen MR) is 137 cm³/mol. The quantitative estimate of drug-likeness (QED) is 0.394. The smallest absolute Gasteiger partial charge is 0.333 e. The molecule has 0 unspecified atom stereocenters. The fraction of sp³-hybridized carbons (Fsp3) is 0.600. The van der Waals surface area contributed by atoms with Crippen LogP contribution in [0.5, 0.6) is 5.75 Å². The minimum atomic E-state index is -0.494. The number of nitrogens with zero attached hydrogens (tertiary/aromatic N) is 5. The minimum Gasteiger partial charge on any atom is -0.488 e. The van der Waals surface area contributed by atoms with Gasteiger partial charge in [0.1, 0.15) is 17.2 Å². The van der Waals surface area contributed by atoms with Crippen molar-refractivity contribution in [3.63, 3.8) is 0 Å². The van der Waals surface area contributed by atoms with E-state index in [-0.39, 0.29) is 29.0 Å². The van der Waals surface area contributed by atoms with Crippen LogP contribution in [0.25, 0.3) is 0 Å². The van der Waals surface area contributed by atoms with Gasteiger partial charge in [-0.2, -0.15) is 0 Å². The summed E-state index contributed by atoms with van der Waals surface area (Å²) in [7, 11) is 0. The molecule has 0 N–H and O–H groups in total. The van der Waals surface area contributed by atoms with Crippen molar-refractivity contribution in [1.82, 2.24) is 14.0 Å². The van der Waals surface area contributed by atoms with Gasteiger partial charge in [-0.05, 0) is 54.0 Å². The highest BCUT2D eigenvalue weighted by molar-refractivity contribution is 5.40. The van der Waals surface area contributed by atoms with Crippen LogP contribution < -0.4 is 20.9 Å². The van der Waals surface area contributed by atoms with Gasteiger partial charge >= 0.3 is 5.69 Å². The average Bonchev–Trinajstić information content (AvgIpc) is 2.77. The fourth-order valence-corrected chi connectivity index (χ4v) is 4.42. The number of benzene rings is 1. The van der Waals surface area contributed by atoms with Crippen molar-refractivity contribution >= 4 is 11.5 Å². The monoisotopic (exact) mass is 487 g/mol. The number of ether oxygens (including phenoxy) is 1. The Balaban J connectivity index is 1.63. The van der Waals surface area contributed by atoms with E-state index in [2.05, 4.69) is 9.80 Å². The summed E-state index contributed by atoms with van der Waals surface area (Å²) in [6, 6.07) is 7.58. The molecule has 0 spiro atoms. The van der Waals surface area contributed by atoms with E-state index in [9.17, 15) is 19.7 Å². The van der Waals surface area contributed by atoms with Crippen LogP contribution in [-0.2, 0) is 0 Å². The standard InChI is InChI=1S/C25H37N5O5/c1-18(2)28-22(17-23(31)29(19(3)4)24(28)32)27-14-12-26(13-15-27)11-10-25(5,6)35-21-9-7-8-20(16-21)30(33)34/h7-9,16-19H,10-15H2,1-6H3. The number of non-ortho nitro benzene ring substituents is 1. The molecule has 2 heterocycles. The van der Waals surface area contributed by atoms with E-state index in [0.717, 1.165) is 26.1 Å². The molecular weight excluding hydrogens is 450 g/mol. The Morgan fingerprint density at radius 2 is 1.63 bits per heavy atom. The third-order valence-electron chi connectivity index (χ3n) is 6.33. The normalized spacial score (nSPS) is 15.1. The summed E-state index contributed by atoms with van der Waals surface area (Å²) in [6.45, 7) is 15.4. The Kier molecular flexibility index (Phi) is 8.04. The SMILES string of the molecule is CC(C)n1c(N2CCN(CCC(C)(C)Oc3cccc([N+](=O)[O-])c3)CC2)cc(=O)n(C(C)C)c1=O. The second-order valence-corrected chi connectivity index (χ2v) is 10.2. The van der Waals surface area contributed by atoms with Gasteiger partial charge in [0.2, 0.25) is 0 Å². The van der Waals surface area contributed by atoms with Crippen LogP contribution in [-0.4, -0.2) is 57.3 Å². The molecule has 1 fully saturated rings. The van der Waals surface area contributed by atoms with E-state index >= 15 is 0 Å². The van der Waals surface area contributed by atoms with Crippen molar-refractivity contribution in [2.75, 3.05) is 37.6 Å². The molecule has 2 aromatic rings. The summed E-state index contributed by atoms with van der Waals surface area (Å²) in [5.74, 6) is 1.16. The molecule has 1 aliphatic heterocycles. The molecule has 192 valence electrons. The van der Waals surface area contributed by atoms with Gasteiger partial charge in [0.05, 0.1) is 11.0 Å².